The van der Waals surface area contributed by atoms with E-state index in [1.54, 1.807) is 11.3 Å². The van der Waals surface area contributed by atoms with E-state index < -0.39 is 0 Å². The first kappa shape index (κ1) is 18.8. The minimum Gasteiger partial charge on any atom is -0.361 e. The molecule has 3 aromatic heterocycles. The number of rotatable bonds is 5. The van der Waals surface area contributed by atoms with Gasteiger partial charge in [-0.25, -0.2) is 15.0 Å². The number of benzene rings is 1. The number of nitrogens with one attached hydrogen (secondary N) is 2. The second-order valence-electron chi connectivity index (χ2n) is 7.56. The van der Waals surface area contributed by atoms with Crippen LogP contribution in [0.15, 0.2) is 42.7 Å². The van der Waals surface area contributed by atoms with E-state index in [9.17, 15) is 0 Å². The number of aromatic nitrogens is 4. The van der Waals surface area contributed by atoms with Crippen LogP contribution >= 0.6 is 11.3 Å². The molecule has 0 unspecified atom stereocenters. The number of anilines is 3. The van der Waals surface area contributed by atoms with Crippen LogP contribution in [-0.2, 0) is 0 Å². The fraction of sp³-hybridized carbons (Fsp3) is 0.261. The lowest BCUT2D eigenvalue weighted by molar-refractivity contribution is 0.572. The summed E-state index contributed by atoms with van der Waals surface area (Å²) in [5.41, 5.74) is 2.32. The molecule has 0 radical (unpaired) electrons. The number of nitrogens with zero attached hydrogens (tertiary/aromatic N) is 4. The van der Waals surface area contributed by atoms with E-state index in [4.69, 9.17) is 0 Å². The lowest BCUT2D eigenvalue weighted by Gasteiger charge is -2.28. The van der Waals surface area contributed by atoms with Gasteiger partial charge in [-0.15, -0.1) is 0 Å². The number of aromatic amines is 1. The Bertz CT molecular complexity index is 1190. The van der Waals surface area contributed by atoms with Gasteiger partial charge in [-0.3, -0.25) is 0 Å². The van der Waals surface area contributed by atoms with Gasteiger partial charge in [0.1, 0.15) is 17.5 Å². The van der Waals surface area contributed by atoms with Crippen LogP contribution in [0.2, 0.25) is 0 Å². The third-order valence-corrected chi connectivity index (χ3v) is 6.16. The van der Waals surface area contributed by atoms with Crippen molar-refractivity contribution in [2.45, 2.75) is 26.2 Å². The van der Waals surface area contributed by atoms with Gasteiger partial charge in [0.15, 0.2) is 5.13 Å². The van der Waals surface area contributed by atoms with Crippen LogP contribution in [0.25, 0.3) is 23.1 Å². The maximum absolute atomic E-state index is 4.63. The van der Waals surface area contributed by atoms with Crippen LogP contribution < -0.4 is 10.2 Å². The predicted octanol–water partition coefficient (Wildman–Crippen LogP) is 5.63. The summed E-state index contributed by atoms with van der Waals surface area (Å²) >= 11 is 1.61. The molecule has 0 aliphatic carbocycles. The number of hydrogen-bond donors (Lipinski definition) is 2. The molecule has 1 saturated heterocycles. The van der Waals surface area contributed by atoms with Crippen LogP contribution in [0.5, 0.6) is 0 Å². The molecular formula is C23H24N6S. The van der Waals surface area contributed by atoms with Gasteiger partial charge in [-0.05, 0) is 61.4 Å². The molecule has 1 aliphatic rings. The maximum atomic E-state index is 4.63. The monoisotopic (exact) mass is 416 g/mol. The first-order valence-electron chi connectivity index (χ1n) is 10.3. The Balaban J connectivity index is 1.30. The van der Waals surface area contributed by atoms with Crippen molar-refractivity contribution in [3.8, 4) is 0 Å². The summed E-state index contributed by atoms with van der Waals surface area (Å²) in [4.78, 5) is 20.4. The highest BCUT2D eigenvalue weighted by atomic mass is 32.1. The van der Waals surface area contributed by atoms with Crippen molar-refractivity contribution in [2.75, 3.05) is 23.3 Å². The van der Waals surface area contributed by atoms with Gasteiger partial charge in [-0.2, -0.15) is 0 Å². The number of thiazole rings is 1. The van der Waals surface area contributed by atoms with Crippen molar-refractivity contribution in [2.24, 2.45) is 0 Å². The van der Waals surface area contributed by atoms with E-state index in [-0.39, 0.29) is 0 Å². The molecule has 0 saturated carbocycles. The Hall–Kier alpha value is -3.19. The minimum atomic E-state index is 0.775. The quantitative estimate of drug-likeness (QED) is 0.441. The van der Waals surface area contributed by atoms with Crippen LogP contribution in [0, 0.1) is 6.92 Å². The average Bonchev–Trinajstić information content (AvgIpc) is 3.41. The highest BCUT2D eigenvalue weighted by Gasteiger charge is 2.14. The zero-order valence-electron chi connectivity index (χ0n) is 16.9. The molecule has 2 N–H and O–H groups in total. The molecule has 6 nitrogen and oxygen atoms in total. The first-order valence-corrected chi connectivity index (χ1v) is 11.1. The summed E-state index contributed by atoms with van der Waals surface area (Å²) in [7, 11) is 0. The third-order valence-electron chi connectivity index (χ3n) is 5.28. The zero-order valence-corrected chi connectivity index (χ0v) is 17.7. The Kier molecular flexibility index (Phi) is 5.19. The molecule has 4 heterocycles. The van der Waals surface area contributed by atoms with Crippen molar-refractivity contribution in [3.63, 3.8) is 0 Å². The van der Waals surface area contributed by atoms with Crippen molar-refractivity contribution < 1.29 is 0 Å². The number of piperidine rings is 1. The predicted molar refractivity (Wildman–Crippen MR) is 125 cm³/mol. The molecule has 0 spiro atoms. The fourth-order valence-electron chi connectivity index (χ4n) is 3.79. The highest BCUT2D eigenvalue weighted by molar-refractivity contribution is 7.16. The van der Waals surface area contributed by atoms with Gasteiger partial charge >= 0.3 is 0 Å². The molecule has 1 aromatic carbocycles. The number of H-pyrrole nitrogens is 1. The van der Waals surface area contributed by atoms with E-state index in [0.29, 0.717) is 0 Å². The van der Waals surface area contributed by atoms with Crippen molar-refractivity contribution in [3.05, 3.63) is 59.0 Å². The molecule has 7 heteroatoms. The van der Waals surface area contributed by atoms with Gasteiger partial charge in [0.05, 0.1) is 0 Å². The normalized spacial score (nSPS) is 14.6. The minimum absolute atomic E-state index is 0.775. The van der Waals surface area contributed by atoms with Crippen molar-refractivity contribution >= 4 is 51.2 Å². The standard InChI is InChI=1S/C23H24N6S/c1-16-26-21(14-22(27-16)29-11-3-2-4-12-29)28-23-25-15-19(30-23)7-5-17-6-8-20-18(13-17)9-10-24-20/h5-10,13-15,24H,2-4,11-12H2,1H3,(H,25,26,27,28)/b7-5+. The largest absolute Gasteiger partial charge is 0.361 e. The average molecular weight is 417 g/mol. The van der Waals surface area contributed by atoms with Crippen molar-refractivity contribution in [1.82, 2.24) is 19.9 Å². The van der Waals surface area contributed by atoms with E-state index in [1.807, 2.05) is 25.4 Å². The third kappa shape index (κ3) is 4.21. The van der Waals surface area contributed by atoms with Crippen LogP contribution in [0.1, 0.15) is 35.5 Å². The van der Waals surface area contributed by atoms with Crippen molar-refractivity contribution in [1.29, 1.82) is 0 Å². The van der Waals surface area contributed by atoms with E-state index >= 15 is 0 Å². The Labute approximate surface area is 179 Å². The lowest BCUT2D eigenvalue weighted by atomic mass is 10.1. The lowest BCUT2D eigenvalue weighted by Crippen LogP contribution is -2.30. The molecule has 0 atom stereocenters. The molecule has 0 bridgehead atoms. The smallest absolute Gasteiger partial charge is 0.188 e. The van der Waals surface area contributed by atoms with Crippen LogP contribution in [0.3, 0.4) is 0 Å². The maximum Gasteiger partial charge on any atom is 0.188 e. The molecular weight excluding hydrogens is 392 g/mol. The van der Waals surface area contributed by atoms with E-state index in [2.05, 4.69) is 66.6 Å². The molecule has 152 valence electrons. The number of aryl methyl sites for hydroxylation is 1. The first-order chi connectivity index (χ1) is 14.7. The number of hydrogen-bond acceptors (Lipinski definition) is 6. The molecule has 4 aromatic rings. The molecule has 1 fully saturated rings. The van der Waals surface area contributed by atoms with Gasteiger partial charge in [0.25, 0.3) is 0 Å². The Morgan fingerprint density at radius 3 is 2.87 bits per heavy atom. The molecule has 0 amide bonds. The van der Waals surface area contributed by atoms with Gasteiger partial charge in [-0.1, -0.05) is 23.5 Å². The second kappa shape index (κ2) is 8.28. The molecule has 30 heavy (non-hydrogen) atoms. The Morgan fingerprint density at radius 1 is 1.07 bits per heavy atom. The summed E-state index contributed by atoms with van der Waals surface area (Å²) in [6, 6.07) is 10.5. The highest BCUT2D eigenvalue weighted by Crippen LogP contribution is 2.26. The SMILES string of the molecule is Cc1nc(Nc2ncc(/C=C/c3ccc4[nH]ccc4c3)s2)cc(N2CCCCC2)n1. The van der Waals surface area contributed by atoms with Gasteiger partial charge in [0, 0.05) is 41.9 Å². The zero-order chi connectivity index (χ0) is 20.3. The fourth-order valence-corrected chi connectivity index (χ4v) is 4.51. The molecule has 1 aliphatic heterocycles. The summed E-state index contributed by atoms with van der Waals surface area (Å²) < 4.78 is 0. The molecule has 5 rings (SSSR count). The van der Waals surface area contributed by atoms with E-state index in [0.717, 1.165) is 46.1 Å². The summed E-state index contributed by atoms with van der Waals surface area (Å²) in [6.45, 7) is 4.07. The van der Waals surface area contributed by atoms with Crippen LogP contribution in [0.4, 0.5) is 16.8 Å². The van der Waals surface area contributed by atoms with E-state index in [1.165, 1.54) is 30.2 Å². The number of fused-ring (bicyclic) bond motifs is 1. The summed E-state index contributed by atoms with van der Waals surface area (Å²) in [5.74, 6) is 2.57. The summed E-state index contributed by atoms with van der Waals surface area (Å²) in [5, 5.41) is 5.40. The topological polar surface area (TPSA) is 69.7 Å². The van der Waals surface area contributed by atoms with Gasteiger partial charge < -0.3 is 15.2 Å². The van der Waals surface area contributed by atoms with Crippen LogP contribution in [-0.4, -0.2) is 33.0 Å². The second-order valence-corrected chi connectivity index (χ2v) is 8.62. The Morgan fingerprint density at radius 2 is 1.97 bits per heavy atom. The van der Waals surface area contributed by atoms with Gasteiger partial charge in [0.2, 0.25) is 0 Å². The summed E-state index contributed by atoms with van der Waals surface area (Å²) in [6.07, 6.45) is 11.8.